The highest BCUT2D eigenvalue weighted by Gasteiger charge is 2.20. The van der Waals surface area contributed by atoms with Crippen molar-refractivity contribution in [3.63, 3.8) is 0 Å². The Bertz CT molecular complexity index is 488. The van der Waals surface area contributed by atoms with Gasteiger partial charge in [-0.25, -0.2) is 0 Å². The minimum atomic E-state index is -0.155. The summed E-state index contributed by atoms with van der Waals surface area (Å²) in [6.45, 7) is 3.56. The predicted molar refractivity (Wildman–Crippen MR) is 78.3 cm³/mol. The van der Waals surface area contributed by atoms with Crippen molar-refractivity contribution in [3.8, 4) is 0 Å². The van der Waals surface area contributed by atoms with E-state index < -0.39 is 0 Å². The number of ether oxygens (including phenoxy) is 2. The molecule has 0 saturated carbocycles. The second kappa shape index (κ2) is 7.26. The van der Waals surface area contributed by atoms with Crippen LogP contribution in [0, 0.1) is 0 Å². The molecule has 1 aliphatic heterocycles. The molecule has 1 fully saturated rings. The van der Waals surface area contributed by atoms with Crippen molar-refractivity contribution >= 4 is 0 Å². The van der Waals surface area contributed by atoms with E-state index >= 15 is 0 Å². The summed E-state index contributed by atoms with van der Waals surface area (Å²) >= 11 is 0. The first kappa shape index (κ1) is 14.1. The van der Waals surface area contributed by atoms with E-state index in [1.807, 2.05) is 48.8 Å². The number of nitrogens with zero attached hydrogens (tertiary/aromatic N) is 3. The SMILES string of the molecule is c1ccc(CN(Cc2ccccn2)CC2OCCO2)nc1. The standard InChI is InChI=1S/C16H19N3O2/c1-3-7-17-14(5-1)11-19(13-16-20-9-10-21-16)12-15-6-2-4-8-18-15/h1-8,16H,9-13H2. The predicted octanol–water partition coefficient (Wildman–Crippen LogP) is 1.85. The smallest absolute Gasteiger partial charge is 0.170 e. The molecule has 0 spiro atoms. The van der Waals surface area contributed by atoms with E-state index in [0.29, 0.717) is 19.8 Å². The van der Waals surface area contributed by atoms with Gasteiger partial charge in [-0.05, 0) is 24.3 Å². The quantitative estimate of drug-likeness (QED) is 0.810. The maximum absolute atomic E-state index is 5.55. The lowest BCUT2D eigenvalue weighted by Crippen LogP contribution is -2.32. The summed E-state index contributed by atoms with van der Waals surface area (Å²) in [5, 5.41) is 0. The summed E-state index contributed by atoms with van der Waals surface area (Å²) in [7, 11) is 0. The Morgan fingerprint density at radius 3 is 1.95 bits per heavy atom. The van der Waals surface area contributed by atoms with Gasteiger partial charge >= 0.3 is 0 Å². The van der Waals surface area contributed by atoms with Gasteiger partial charge in [0.05, 0.1) is 31.1 Å². The van der Waals surface area contributed by atoms with E-state index in [1.54, 1.807) is 0 Å². The molecule has 1 saturated heterocycles. The van der Waals surface area contributed by atoms with Gasteiger partial charge < -0.3 is 9.47 Å². The molecular weight excluding hydrogens is 266 g/mol. The largest absolute Gasteiger partial charge is 0.349 e. The molecule has 0 N–H and O–H groups in total. The van der Waals surface area contributed by atoms with Gasteiger partial charge in [0, 0.05) is 25.5 Å². The lowest BCUT2D eigenvalue weighted by atomic mass is 10.3. The van der Waals surface area contributed by atoms with Gasteiger partial charge in [-0.2, -0.15) is 0 Å². The van der Waals surface area contributed by atoms with Crippen molar-refractivity contribution in [2.75, 3.05) is 19.8 Å². The summed E-state index contributed by atoms with van der Waals surface area (Å²) < 4.78 is 11.1. The van der Waals surface area contributed by atoms with Crippen LogP contribution in [-0.2, 0) is 22.6 Å². The van der Waals surface area contributed by atoms with Crippen LogP contribution in [0.25, 0.3) is 0 Å². The molecule has 0 radical (unpaired) electrons. The fourth-order valence-electron chi connectivity index (χ4n) is 2.35. The topological polar surface area (TPSA) is 47.5 Å². The zero-order valence-corrected chi connectivity index (χ0v) is 11.9. The lowest BCUT2D eigenvalue weighted by molar-refractivity contribution is -0.0650. The first-order valence-corrected chi connectivity index (χ1v) is 7.15. The number of pyridine rings is 2. The Morgan fingerprint density at radius 1 is 0.905 bits per heavy atom. The summed E-state index contributed by atoms with van der Waals surface area (Å²) in [6, 6.07) is 11.9. The van der Waals surface area contributed by atoms with Crippen LogP contribution in [-0.4, -0.2) is 40.9 Å². The van der Waals surface area contributed by atoms with Crippen LogP contribution < -0.4 is 0 Å². The number of rotatable bonds is 6. The highest BCUT2D eigenvalue weighted by atomic mass is 16.7. The van der Waals surface area contributed by atoms with Crippen LogP contribution in [0.4, 0.5) is 0 Å². The second-order valence-electron chi connectivity index (χ2n) is 4.98. The molecule has 0 aromatic carbocycles. The van der Waals surface area contributed by atoms with Crippen LogP contribution in [0.1, 0.15) is 11.4 Å². The maximum atomic E-state index is 5.55. The van der Waals surface area contributed by atoms with Gasteiger partial charge in [-0.3, -0.25) is 14.9 Å². The Hall–Kier alpha value is -1.82. The van der Waals surface area contributed by atoms with Gasteiger partial charge in [-0.1, -0.05) is 12.1 Å². The monoisotopic (exact) mass is 285 g/mol. The van der Waals surface area contributed by atoms with Crippen molar-refractivity contribution < 1.29 is 9.47 Å². The summed E-state index contributed by atoms with van der Waals surface area (Å²) in [4.78, 5) is 11.0. The Balaban J connectivity index is 1.67. The molecule has 0 amide bonds. The minimum Gasteiger partial charge on any atom is -0.349 e. The normalized spacial score (nSPS) is 15.7. The van der Waals surface area contributed by atoms with Crippen LogP contribution in [0.3, 0.4) is 0 Å². The number of aromatic nitrogens is 2. The van der Waals surface area contributed by atoms with Crippen molar-refractivity contribution in [2.45, 2.75) is 19.4 Å². The fourth-order valence-corrected chi connectivity index (χ4v) is 2.35. The lowest BCUT2D eigenvalue weighted by Gasteiger charge is -2.24. The summed E-state index contributed by atoms with van der Waals surface area (Å²) in [6.07, 6.45) is 3.48. The van der Waals surface area contributed by atoms with Gasteiger partial charge in [0.2, 0.25) is 0 Å². The maximum Gasteiger partial charge on any atom is 0.170 e. The fraction of sp³-hybridized carbons (Fsp3) is 0.375. The molecule has 5 nitrogen and oxygen atoms in total. The molecule has 3 heterocycles. The Morgan fingerprint density at radius 2 is 1.48 bits per heavy atom. The molecule has 0 aliphatic carbocycles. The number of hydrogen-bond acceptors (Lipinski definition) is 5. The Kier molecular flexibility index (Phi) is 4.89. The minimum absolute atomic E-state index is 0.155. The Labute approximate surface area is 124 Å². The molecule has 5 heteroatoms. The van der Waals surface area contributed by atoms with Crippen LogP contribution in [0.2, 0.25) is 0 Å². The summed E-state index contributed by atoms with van der Waals surface area (Å²) in [5.41, 5.74) is 2.07. The highest BCUT2D eigenvalue weighted by molar-refractivity contribution is 5.06. The third-order valence-corrected chi connectivity index (χ3v) is 3.32. The van der Waals surface area contributed by atoms with E-state index in [-0.39, 0.29) is 6.29 Å². The first-order valence-electron chi connectivity index (χ1n) is 7.15. The van der Waals surface area contributed by atoms with E-state index in [9.17, 15) is 0 Å². The van der Waals surface area contributed by atoms with Crippen molar-refractivity contribution in [1.29, 1.82) is 0 Å². The van der Waals surface area contributed by atoms with Crippen molar-refractivity contribution in [3.05, 3.63) is 60.2 Å². The molecule has 2 aromatic heterocycles. The van der Waals surface area contributed by atoms with E-state index in [2.05, 4.69) is 14.9 Å². The molecule has 21 heavy (non-hydrogen) atoms. The van der Waals surface area contributed by atoms with Gasteiger partial charge in [-0.15, -0.1) is 0 Å². The van der Waals surface area contributed by atoms with E-state index in [1.165, 1.54) is 0 Å². The van der Waals surface area contributed by atoms with E-state index in [4.69, 9.17) is 9.47 Å². The van der Waals surface area contributed by atoms with Crippen LogP contribution in [0.5, 0.6) is 0 Å². The first-order chi connectivity index (χ1) is 10.4. The van der Waals surface area contributed by atoms with Crippen molar-refractivity contribution in [1.82, 2.24) is 14.9 Å². The van der Waals surface area contributed by atoms with Gasteiger partial charge in [0.15, 0.2) is 6.29 Å². The third kappa shape index (κ3) is 4.32. The molecule has 0 atom stereocenters. The molecule has 110 valence electrons. The molecule has 3 rings (SSSR count). The molecular formula is C16H19N3O2. The molecule has 2 aromatic rings. The molecule has 0 unspecified atom stereocenters. The third-order valence-electron chi connectivity index (χ3n) is 3.32. The van der Waals surface area contributed by atoms with Crippen LogP contribution >= 0.6 is 0 Å². The molecule has 1 aliphatic rings. The second-order valence-corrected chi connectivity index (χ2v) is 4.98. The average molecular weight is 285 g/mol. The number of hydrogen-bond donors (Lipinski definition) is 0. The van der Waals surface area contributed by atoms with Gasteiger partial charge in [0.1, 0.15) is 0 Å². The zero-order valence-electron chi connectivity index (χ0n) is 11.9. The summed E-state index contributed by atoms with van der Waals surface area (Å²) in [5.74, 6) is 0. The van der Waals surface area contributed by atoms with Gasteiger partial charge in [0.25, 0.3) is 0 Å². The highest BCUT2D eigenvalue weighted by Crippen LogP contribution is 2.11. The zero-order chi connectivity index (χ0) is 14.3. The van der Waals surface area contributed by atoms with Crippen molar-refractivity contribution in [2.24, 2.45) is 0 Å². The molecule has 0 bridgehead atoms. The average Bonchev–Trinajstić information content (AvgIpc) is 3.02. The van der Waals surface area contributed by atoms with E-state index in [0.717, 1.165) is 24.5 Å². The van der Waals surface area contributed by atoms with Crippen LogP contribution in [0.15, 0.2) is 48.8 Å².